The van der Waals surface area contributed by atoms with Crippen molar-refractivity contribution in [1.29, 1.82) is 0 Å². The van der Waals surface area contributed by atoms with Crippen LogP contribution >= 0.6 is 12.4 Å². The highest BCUT2D eigenvalue weighted by atomic mass is 35.5. The molecule has 0 amide bonds. The summed E-state index contributed by atoms with van der Waals surface area (Å²) in [5.74, 6) is 0.487. The molecule has 0 spiro atoms. The molecule has 112 valence electrons. The highest BCUT2D eigenvalue weighted by molar-refractivity contribution is 5.85. The number of halogens is 2. The predicted octanol–water partition coefficient (Wildman–Crippen LogP) is 2.23. The molecule has 5 heteroatoms. The van der Waals surface area contributed by atoms with E-state index in [-0.39, 0.29) is 24.3 Å². The van der Waals surface area contributed by atoms with Crippen LogP contribution in [0.5, 0.6) is 0 Å². The SMILES string of the molecule is Cl.Fc1cccc(C2CNCCN2CC2CCOC2)c1. The van der Waals surface area contributed by atoms with Crippen LogP contribution in [0.2, 0.25) is 0 Å². The van der Waals surface area contributed by atoms with E-state index in [2.05, 4.69) is 10.2 Å². The number of rotatable bonds is 3. The monoisotopic (exact) mass is 300 g/mol. The van der Waals surface area contributed by atoms with E-state index in [1.54, 1.807) is 12.1 Å². The fourth-order valence-electron chi connectivity index (χ4n) is 3.07. The van der Waals surface area contributed by atoms with E-state index in [1.807, 2.05) is 6.07 Å². The van der Waals surface area contributed by atoms with Gasteiger partial charge in [-0.2, -0.15) is 0 Å². The molecule has 2 heterocycles. The summed E-state index contributed by atoms with van der Waals surface area (Å²) in [5, 5.41) is 3.41. The molecule has 2 atom stereocenters. The first kappa shape index (κ1) is 15.7. The fraction of sp³-hybridized carbons (Fsp3) is 0.600. The van der Waals surface area contributed by atoms with Gasteiger partial charge in [0.05, 0.1) is 6.61 Å². The van der Waals surface area contributed by atoms with Crippen molar-refractivity contribution in [3.05, 3.63) is 35.6 Å². The van der Waals surface area contributed by atoms with Gasteiger partial charge in [0.15, 0.2) is 0 Å². The summed E-state index contributed by atoms with van der Waals surface area (Å²) in [6.07, 6.45) is 1.15. The van der Waals surface area contributed by atoms with E-state index < -0.39 is 0 Å². The van der Waals surface area contributed by atoms with Crippen molar-refractivity contribution in [2.45, 2.75) is 12.5 Å². The van der Waals surface area contributed by atoms with Gasteiger partial charge in [-0.3, -0.25) is 4.90 Å². The van der Waals surface area contributed by atoms with E-state index in [1.165, 1.54) is 6.07 Å². The highest BCUT2D eigenvalue weighted by Crippen LogP contribution is 2.25. The van der Waals surface area contributed by atoms with Crippen LogP contribution in [0.4, 0.5) is 4.39 Å². The van der Waals surface area contributed by atoms with E-state index >= 15 is 0 Å². The van der Waals surface area contributed by atoms with Crippen molar-refractivity contribution in [2.24, 2.45) is 5.92 Å². The van der Waals surface area contributed by atoms with Gasteiger partial charge in [0.1, 0.15) is 5.82 Å². The third-order valence-corrected chi connectivity index (χ3v) is 4.10. The van der Waals surface area contributed by atoms with Gasteiger partial charge in [0, 0.05) is 38.8 Å². The highest BCUT2D eigenvalue weighted by Gasteiger charge is 2.27. The Kier molecular flexibility index (Phi) is 5.78. The van der Waals surface area contributed by atoms with Crippen LogP contribution in [0.3, 0.4) is 0 Å². The predicted molar refractivity (Wildman–Crippen MR) is 79.8 cm³/mol. The van der Waals surface area contributed by atoms with E-state index in [9.17, 15) is 4.39 Å². The van der Waals surface area contributed by atoms with Gasteiger partial charge in [-0.25, -0.2) is 4.39 Å². The average Bonchev–Trinajstić information content (AvgIpc) is 2.92. The van der Waals surface area contributed by atoms with Gasteiger partial charge in [0.25, 0.3) is 0 Å². The molecule has 1 N–H and O–H groups in total. The number of hydrogen-bond acceptors (Lipinski definition) is 3. The Morgan fingerprint density at radius 3 is 3.05 bits per heavy atom. The Labute approximate surface area is 125 Å². The van der Waals surface area contributed by atoms with Crippen molar-refractivity contribution in [3.8, 4) is 0 Å². The Morgan fingerprint density at radius 2 is 2.30 bits per heavy atom. The summed E-state index contributed by atoms with van der Waals surface area (Å²) < 4.78 is 18.9. The zero-order valence-corrected chi connectivity index (χ0v) is 12.4. The zero-order valence-electron chi connectivity index (χ0n) is 11.6. The minimum atomic E-state index is -0.146. The maximum absolute atomic E-state index is 13.4. The van der Waals surface area contributed by atoms with Gasteiger partial charge >= 0.3 is 0 Å². The minimum absolute atomic E-state index is 0. The first-order chi connectivity index (χ1) is 9.33. The second-order valence-corrected chi connectivity index (χ2v) is 5.50. The maximum atomic E-state index is 13.4. The van der Waals surface area contributed by atoms with E-state index in [0.29, 0.717) is 5.92 Å². The maximum Gasteiger partial charge on any atom is 0.123 e. The van der Waals surface area contributed by atoms with E-state index in [4.69, 9.17) is 4.74 Å². The van der Waals surface area contributed by atoms with Crippen molar-refractivity contribution in [2.75, 3.05) is 39.4 Å². The molecule has 2 aliphatic rings. The summed E-state index contributed by atoms with van der Waals surface area (Å²) in [7, 11) is 0. The van der Waals surface area contributed by atoms with Crippen LogP contribution in [0.1, 0.15) is 18.0 Å². The molecule has 2 unspecified atom stereocenters. The second-order valence-electron chi connectivity index (χ2n) is 5.50. The van der Waals surface area contributed by atoms with Crippen molar-refractivity contribution in [3.63, 3.8) is 0 Å². The second kappa shape index (κ2) is 7.36. The van der Waals surface area contributed by atoms with Crippen LogP contribution in [0.15, 0.2) is 24.3 Å². The van der Waals surface area contributed by atoms with Crippen LogP contribution in [0, 0.1) is 11.7 Å². The molecular formula is C15H22ClFN2O. The molecule has 2 fully saturated rings. The minimum Gasteiger partial charge on any atom is -0.381 e. The first-order valence-electron chi connectivity index (χ1n) is 7.11. The number of hydrogen-bond donors (Lipinski definition) is 1. The van der Waals surface area contributed by atoms with Crippen LogP contribution in [-0.2, 0) is 4.74 Å². The Morgan fingerprint density at radius 1 is 1.40 bits per heavy atom. The zero-order chi connectivity index (χ0) is 13.1. The summed E-state index contributed by atoms with van der Waals surface area (Å²) in [6, 6.07) is 7.28. The molecule has 3 rings (SSSR count). The normalized spacial score (nSPS) is 27.2. The smallest absolute Gasteiger partial charge is 0.123 e. The van der Waals surface area contributed by atoms with Crippen LogP contribution in [-0.4, -0.2) is 44.3 Å². The molecule has 20 heavy (non-hydrogen) atoms. The van der Waals surface area contributed by atoms with E-state index in [0.717, 1.165) is 51.4 Å². The van der Waals surface area contributed by atoms with Gasteiger partial charge in [-0.1, -0.05) is 12.1 Å². The molecular weight excluding hydrogens is 279 g/mol. The third kappa shape index (κ3) is 3.70. The molecule has 0 saturated carbocycles. The molecule has 2 aliphatic heterocycles. The topological polar surface area (TPSA) is 24.5 Å². The number of ether oxygens (including phenoxy) is 1. The molecule has 1 aromatic rings. The summed E-state index contributed by atoms with van der Waals surface area (Å²) in [6.45, 7) is 5.76. The molecule has 3 nitrogen and oxygen atoms in total. The lowest BCUT2D eigenvalue weighted by molar-refractivity contribution is 0.123. The van der Waals surface area contributed by atoms with Crippen LogP contribution < -0.4 is 5.32 Å². The van der Waals surface area contributed by atoms with Gasteiger partial charge < -0.3 is 10.1 Å². The lowest BCUT2D eigenvalue weighted by atomic mass is 10.0. The number of benzene rings is 1. The van der Waals surface area contributed by atoms with Gasteiger partial charge in [-0.05, 0) is 30.0 Å². The summed E-state index contributed by atoms with van der Waals surface area (Å²) >= 11 is 0. The lowest BCUT2D eigenvalue weighted by Crippen LogP contribution is -2.47. The first-order valence-corrected chi connectivity index (χ1v) is 7.11. The summed E-state index contributed by atoms with van der Waals surface area (Å²) in [4.78, 5) is 2.48. The van der Waals surface area contributed by atoms with Crippen molar-refractivity contribution < 1.29 is 9.13 Å². The number of piperazine rings is 1. The van der Waals surface area contributed by atoms with Gasteiger partial charge in [0.2, 0.25) is 0 Å². The molecule has 0 radical (unpaired) electrons. The van der Waals surface area contributed by atoms with Crippen molar-refractivity contribution >= 4 is 12.4 Å². The van der Waals surface area contributed by atoms with Crippen LogP contribution in [0.25, 0.3) is 0 Å². The molecule has 2 saturated heterocycles. The molecule has 0 aromatic heterocycles. The van der Waals surface area contributed by atoms with Gasteiger partial charge in [-0.15, -0.1) is 12.4 Å². The number of nitrogens with zero attached hydrogens (tertiary/aromatic N) is 1. The molecule has 0 bridgehead atoms. The van der Waals surface area contributed by atoms with Crippen molar-refractivity contribution in [1.82, 2.24) is 10.2 Å². The Balaban J connectivity index is 0.00000147. The quantitative estimate of drug-likeness (QED) is 0.926. The third-order valence-electron chi connectivity index (χ3n) is 4.10. The Hall–Kier alpha value is -0.680. The fourth-order valence-corrected chi connectivity index (χ4v) is 3.07. The summed E-state index contributed by atoms with van der Waals surface area (Å²) in [5.41, 5.74) is 1.08. The lowest BCUT2D eigenvalue weighted by Gasteiger charge is -2.37. The largest absolute Gasteiger partial charge is 0.381 e. The Bertz CT molecular complexity index is 426. The molecule has 1 aromatic carbocycles. The standard InChI is InChI=1S/C15H21FN2O.ClH/c16-14-3-1-2-13(8-14)15-9-17-5-6-18(15)10-12-4-7-19-11-12;/h1-3,8,12,15,17H,4-7,9-11H2;1H. The average molecular weight is 301 g/mol. The molecule has 0 aliphatic carbocycles. The number of nitrogens with one attached hydrogen (secondary N) is 1.